The summed E-state index contributed by atoms with van der Waals surface area (Å²) >= 11 is 3.46. The molecule has 0 aliphatic carbocycles. The summed E-state index contributed by atoms with van der Waals surface area (Å²) in [7, 11) is 0. The van der Waals surface area contributed by atoms with Crippen LogP contribution in [-0.2, 0) is 13.0 Å². The minimum absolute atomic E-state index is 0.523. The molecule has 4 nitrogen and oxygen atoms in total. The second kappa shape index (κ2) is 6.82. The van der Waals surface area contributed by atoms with E-state index in [-0.39, 0.29) is 0 Å². The SMILES string of the molecule is CCCn1ncc(Br)c1C(O)CCc1ccccn1. The van der Waals surface area contributed by atoms with Crippen LogP contribution in [0.4, 0.5) is 0 Å². The van der Waals surface area contributed by atoms with Gasteiger partial charge in [0.2, 0.25) is 0 Å². The van der Waals surface area contributed by atoms with E-state index in [1.165, 1.54) is 0 Å². The first-order valence-corrected chi connectivity index (χ1v) is 7.30. The van der Waals surface area contributed by atoms with Crippen LogP contribution in [0.3, 0.4) is 0 Å². The summed E-state index contributed by atoms with van der Waals surface area (Å²) in [5, 5.41) is 14.6. The zero-order valence-electron chi connectivity index (χ0n) is 11.0. The highest BCUT2D eigenvalue weighted by atomic mass is 79.9. The Bertz CT molecular complexity index is 513. The Morgan fingerprint density at radius 1 is 1.42 bits per heavy atom. The smallest absolute Gasteiger partial charge is 0.0971 e. The zero-order chi connectivity index (χ0) is 13.7. The Balaban J connectivity index is 2.03. The molecule has 2 heterocycles. The molecular formula is C14H18BrN3O. The van der Waals surface area contributed by atoms with Crippen LogP contribution in [0, 0.1) is 0 Å². The van der Waals surface area contributed by atoms with E-state index >= 15 is 0 Å². The molecule has 0 aliphatic rings. The highest BCUT2D eigenvalue weighted by molar-refractivity contribution is 9.10. The Morgan fingerprint density at radius 2 is 2.26 bits per heavy atom. The van der Waals surface area contributed by atoms with Gasteiger partial charge in [-0.2, -0.15) is 5.10 Å². The number of nitrogens with zero attached hydrogens (tertiary/aromatic N) is 3. The second-order valence-corrected chi connectivity index (χ2v) is 5.33. The quantitative estimate of drug-likeness (QED) is 0.888. The zero-order valence-corrected chi connectivity index (χ0v) is 12.5. The highest BCUT2D eigenvalue weighted by Gasteiger charge is 2.17. The van der Waals surface area contributed by atoms with Gasteiger partial charge in [-0.15, -0.1) is 0 Å². The predicted octanol–water partition coefficient (Wildman–Crippen LogP) is 3.12. The van der Waals surface area contributed by atoms with E-state index in [1.807, 2.05) is 22.9 Å². The van der Waals surface area contributed by atoms with Crippen LogP contribution in [0.15, 0.2) is 35.1 Å². The molecule has 0 amide bonds. The van der Waals surface area contributed by atoms with Gasteiger partial charge in [0.1, 0.15) is 0 Å². The number of aryl methyl sites for hydroxylation is 2. The largest absolute Gasteiger partial charge is 0.387 e. The maximum Gasteiger partial charge on any atom is 0.0971 e. The van der Waals surface area contributed by atoms with Gasteiger partial charge in [0, 0.05) is 18.4 Å². The van der Waals surface area contributed by atoms with Gasteiger partial charge in [-0.3, -0.25) is 9.67 Å². The van der Waals surface area contributed by atoms with Crippen molar-refractivity contribution in [3.05, 3.63) is 46.5 Å². The third-order valence-corrected chi connectivity index (χ3v) is 3.60. The maximum atomic E-state index is 10.3. The summed E-state index contributed by atoms with van der Waals surface area (Å²) in [5.41, 5.74) is 1.86. The number of hydrogen-bond acceptors (Lipinski definition) is 3. The van der Waals surface area contributed by atoms with Crippen molar-refractivity contribution in [2.24, 2.45) is 0 Å². The van der Waals surface area contributed by atoms with Crippen molar-refractivity contribution in [2.75, 3.05) is 0 Å². The van der Waals surface area contributed by atoms with E-state index in [4.69, 9.17) is 0 Å². The molecule has 102 valence electrons. The second-order valence-electron chi connectivity index (χ2n) is 4.48. The molecule has 19 heavy (non-hydrogen) atoms. The summed E-state index contributed by atoms with van der Waals surface area (Å²) in [6.07, 6.45) is 5.39. The number of pyridine rings is 1. The number of aliphatic hydroxyl groups excluding tert-OH is 1. The van der Waals surface area contributed by atoms with Crippen molar-refractivity contribution in [1.29, 1.82) is 0 Å². The Hall–Kier alpha value is -1.20. The molecule has 2 rings (SSSR count). The molecular weight excluding hydrogens is 306 g/mol. The Labute approximate surface area is 121 Å². The third-order valence-electron chi connectivity index (χ3n) is 2.98. The van der Waals surface area contributed by atoms with E-state index in [9.17, 15) is 5.11 Å². The third kappa shape index (κ3) is 3.64. The molecule has 0 saturated carbocycles. The predicted molar refractivity (Wildman–Crippen MR) is 77.7 cm³/mol. The van der Waals surface area contributed by atoms with Crippen molar-refractivity contribution >= 4 is 15.9 Å². The van der Waals surface area contributed by atoms with E-state index < -0.39 is 6.10 Å². The fraction of sp³-hybridized carbons (Fsp3) is 0.429. The molecule has 0 radical (unpaired) electrons. The van der Waals surface area contributed by atoms with Gasteiger partial charge in [0.25, 0.3) is 0 Å². The van der Waals surface area contributed by atoms with Crippen LogP contribution in [0.25, 0.3) is 0 Å². The van der Waals surface area contributed by atoms with Crippen LogP contribution >= 0.6 is 15.9 Å². The molecule has 0 aromatic carbocycles. The normalized spacial score (nSPS) is 12.6. The number of aromatic nitrogens is 3. The summed E-state index contributed by atoms with van der Waals surface area (Å²) in [6.45, 7) is 2.92. The molecule has 2 aromatic heterocycles. The fourth-order valence-corrected chi connectivity index (χ4v) is 2.62. The van der Waals surface area contributed by atoms with Gasteiger partial charge in [-0.1, -0.05) is 13.0 Å². The van der Waals surface area contributed by atoms with Gasteiger partial charge in [-0.05, 0) is 47.3 Å². The summed E-state index contributed by atoms with van der Waals surface area (Å²) < 4.78 is 2.74. The molecule has 1 unspecified atom stereocenters. The standard InChI is InChI=1S/C14H18BrN3O/c1-2-9-18-14(12(15)10-17-18)13(19)7-6-11-5-3-4-8-16-11/h3-5,8,10,13,19H,2,6-7,9H2,1H3. The van der Waals surface area contributed by atoms with Gasteiger partial charge in [0.05, 0.1) is 22.5 Å². The molecule has 0 fully saturated rings. The Morgan fingerprint density at radius 3 is 2.95 bits per heavy atom. The summed E-state index contributed by atoms with van der Waals surface area (Å²) in [5.74, 6) is 0. The lowest BCUT2D eigenvalue weighted by molar-refractivity contribution is 0.155. The van der Waals surface area contributed by atoms with E-state index in [1.54, 1.807) is 12.4 Å². The first kappa shape index (κ1) is 14.2. The number of hydrogen-bond donors (Lipinski definition) is 1. The average Bonchev–Trinajstić information content (AvgIpc) is 2.79. The molecule has 2 aromatic rings. The summed E-state index contributed by atoms with van der Waals surface area (Å²) in [4.78, 5) is 4.27. The van der Waals surface area contributed by atoms with Gasteiger partial charge < -0.3 is 5.11 Å². The molecule has 0 saturated heterocycles. The number of halogens is 1. The van der Waals surface area contributed by atoms with Crippen molar-refractivity contribution in [3.8, 4) is 0 Å². The summed E-state index contributed by atoms with van der Waals surface area (Å²) in [6, 6.07) is 5.84. The number of rotatable bonds is 6. The molecule has 1 N–H and O–H groups in total. The average molecular weight is 324 g/mol. The minimum atomic E-state index is -0.523. The monoisotopic (exact) mass is 323 g/mol. The van der Waals surface area contributed by atoms with Crippen molar-refractivity contribution in [2.45, 2.75) is 38.8 Å². The van der Waals surface area contributed by atoms with Crippen molar-refractivity contribution < 1.29 is 5.11 Å². The van der Waals surface area contributed by atoms with Crippen LogP contribution in [0.5, 0.6) is 0 Å². The highest BCUT2D eigenvalue weighted by Crippen LogP contribution is 2.26. The maximum absolute atomic E-state index is 10.3. The lowest BCUT2D eigenvalue weighted by atomic mass is 10.1. The van der Waals surface area contributed by atoms with Gasteiger partial charge in [-0.25, -0.2) is 0 Å². The van der Waals surface area contributed by atoms with E-state index in [0.29, 0.717) is 6.42 Å². The first-order chi connectivity index (χ1) is 9.22. The molecule has 1 atom stereocenters. The van der Waals surface area contributed by atoms with Crippen LogP contribution < -0.4 is 0 Å². The Kier molecular flexibility index (Phi) is 5.10. The first-order valence-electron chi connectivity index (χ1n) is 6.51. The topological polar surface area (TPSA) is 50.9 Å². The van der Waals surface area contributed by atoms with Crippen LogP contribution in [0.2, 0.25) is 0 Å². The molecule has 5 heteroatoms. The van der Waals surface area contributed by atoms with Gasteiger partial charge >= 0.3 is 0 Å². The van der Waals surface area contributed by atoms with Crippen molar-refractivity contribution in [1.82, 2.24) is 14.8 Å². The number of aliphatic hydroxyl groups is 1. The van der Waals surface area contributed by atoms with Crippen LogP contribution in [0.1, 0.15) is 37.3 Å². The lowest BCUT2D eigenvalue weighted by Gasteiger charge is -2.13. The van der Waals surface area contributed by atoms with E-state index in [0.717, 1.165) is 35.2 Å². The van der Waals surface area contributed by atoms with Crippen LogP contribution in [-0.4, -0.2) is 19.9 Å². The lowest BCUT2D eigenvalue weighted by Crippen LogP contribution is -2.10. The molecule has 0 bridgehead atoms. The minimum Gasteiger partial charge on any atom is -0.387 e. The van der Waals surface area contributed by atoms with Crippen molar-refractivity contribution in [3.63, 3.8) is 0 Å². The fourth-order valence-electron chi connectivity index (χ4n) is 2.06. The molecule has 0 aliphatic heterocycles. The molecule has 0 spiro atoms. The van der Waals surface area contributed by atoms with Gasteiger partial charge in [0.15, 0.2) is 0 Å². The van der Waals surface area contributed by atoms with E-state index in [2.05, 4.69) is 32.9 Å².